The molecule has 0 atom stereocenters. The molecular formula is C59H35F2N5. The molecule has 0 radical (unpaired) electrons. The fourth-order valence-electron chi connectivity index (χ4n) is 9.51. The molecule has 66 heavy (non-hydrogen) atoms. The molecule has 4 aromatic heterocycles. The molecule has 0 saturated carbocycles. The van der Waals surface area contributed by atoms with Gasteiger partial charge in [0.2, 0.25) is 0 Å². The smallest absolute Gasteiger partial charge is 0.133 e. The number of aromatic nitrogens is 4. The van der Waals surface area contributed by atoms with Crippen LogP contribution in [0.5, 0.6) is 0 Å². The Kier molecular flexibility index (Phi) is 9.18. The van der Waals surface area contributed by atoms with E-state index >= 15 is 8.78 Å². The monoisotopic (exact) mass is 851 g/mol. The Labute approximate surface area is 378 Å². The van der Waals surface area contributed by atoms with E-state index in [9.17, 15) is 5.26 Å². The van der Waals surface area contributed by atoms with Crippen molar-refractivity contribution in [2.24, 2.45) is 0 Å². The zero-order valence-corrected chi connectivity index (χ0v) is 35.2. The van der Waals surface area contributed by atoms with Crippen LogP contribution >= 0.6 is 0 Å². The normalized spacial score (nSPS) is 11.5. The SMILES string of the molecule is N#Cc1c(-n2c3ccccc3c3cc(-c4ccc(-c5ccccc5)nc4)ccc32)cc(-c2c(F)cccc2F)cc1-n1c2ccccc2c2cc(-c3ccc(-c4ccccc4)nc3)ccc21. The Hall–Kier alpha value is -8.99. The van der Waals surface area contributed by atoms with Crippen LogP contribution in [0.2, 0.25) is 0 Å². The summed E-state index contributed by atoms with van der Waals surface area (Å²) >= 11 is 0. The molecule has 0 saturated heterocycles. The molecule has 0 spiro atoms. The Bertz CT molecular complexity index is 3640. The van der Waals surface area contributed by atoms with Gasteiger partial charge in [-0.05, 0) is 89.5 Å². The predicted octanol–water partition coefficient (Wildman–Crippen LogP) is 15.2. The molecule has 0 unspecified atom stereocenters. The molecular weight excluding hydrogens is 817 g/mol. The van der Waals surface area contributed by atoms with Gasteiger partial charge in [-0.2, -0.15) is 5.26 Å². The number of fused-ring (bicyclic) bond motifs is 6. The average molecular weight is 852 g/mol. The van der Waals surface area contributed by atoms with Crippen LogP contribution < -0.4 is 0 Å². The third kappa shape index (κ3) is 6.35. The van der Waals surface area contributed by atoms with E-state index in [0.29, 0.717) is 22.5 Å². The number of rotatable bonds is 7. The Balaban J connectivity index is 1.07. The van der Waals surface area contributed by atoms with Crippen molar-refractivity contribution in [1.29, 1.82) is 5.26 Å². The molecule has 7 heteroatoms. The Morgan fingerprint density at radius 2 is 0.788 bits per heavy atom. The minimum absolute atomic E-state index is 0.173. The molecule has 5 nitrogen and oxygen atoms in total. The van der Waals surface area contributed by atoms with Gasteiger partial charge in [-0.1, -0.05) is 127 Å². The number of hydrogen-bond acceptors (Lipinski definition) is 3. The quantitative estimate of drug-likeness (QED) is 0.160. The summed E-state index contributed by atoms with van der Waals surface area (Å²) in [4.78, 5) is 9.60. The summed E-state index contributed by atoms with van der Waals surface area (Å²) in [5.41, 5.74) is 12.5. The summed E-state index contributed by atoms with van der Waals surface area (Å²) < 4.78 is 36.1. The summed E-state index contributed by atoms with van der Waals surface area (Å²) in [5, 5.41) is 15.3. The molecule has 4 heterocycles. The largest absolute Gasteiger partial charge is 0.308 e. The number of nitriles is 1. The zero-order valence-electron chi connectivity index (χ0n) is 35.2. The third-order valence-corrected chi connectivity index (χ3v) is 12.6. The standard InChI is InChI=1S/C59H35F2N5/c60-49-18-11-19-50(61)59(49)43-32-57(65-53-20-9-7-16-44(53)46-30-39(24-28-55(46)65)41-22-26-51(63-35-41)37-12-3-1-4-13-37)48(34-62)58(33-43)66-54-21-10-8-17-45(54)47-31-40(25-29-56(47)66)42-23-27-52(64-36-42)38-14-5-2-6-15-38/h1-33,35-36H. The lowest BCUT2D eigenvalue weighted by molar-refractivity contribution is 0.589. The van der Waals surface area contributed by atoms with Crippen molar-refractivity contribution >= 4 is 43.6 Å². The lowest BCUT2D eigenvalue weighted by Crippen LogP contribution is -2.06. The van der Waals surface area contributed by atoms with Gasteiger partial charge in [-0.3, -0.25) is 9.97 Å². The summed E-state index contributed by atoms with van der Waals surface area (Å²) in [5.74, 6) is -1.40. The second-order valence-electron chi connectivity index (χ2n) is 16.4. The van der Waals surface area contributed by atoms with Crippen molar-refractivity contribution in [3.8, 4) is 73.3 Å². The maximum atomic E-state index is 16.0. The van der Waals surface area contributed by atoms with E-state index in [4.69, 9.17) is 9.97 Å². The fourth-order valence-corrected chi connectivity index (χ4v) is 9.51. The van der Waals surface area contributed by atoms with Crippen molar-refractivity contribution in [2.45, 2.75) is 0 Å². The predicted molar refractivity (Wildman–Crippen MR) is 263 cm³/mol. The summed E-state index contributed by atoms with van der Waals surface area (Å²) in [6, 6.07) is 66.9. The maximum absolute atomic E-state index is 16.0. The lowest BCUT2D eigenvalue weighted by atomic mass is 9.99. The molecule has 0 aliphatic rings. The Morgan fingerprint density at radius 3 is 1.23 bits per heavy atom. The van der Waals surface area contributed by atoms with Gasteiger partial charge in [0.25, 0.3) is 0 Å². The molecule has 0 aliphatic carbocycles. The number of para-hydroxylation sites is 2. The van der Waals surface area contributed by atoms with E-state index in [1.54, 1.807) is 12.1 Å². The van der Waals surface area contributed by atoms with E-state index in [0.717, 1.165) is 88.4 Å². The van der Waals surface area contributed by atoms with Crippen molar-refractivity contribution < 1.29 is 8.78 Å². The maximum Gasteiger partial charge on any atom is 0.133 e. The van der Waals surface area contributed by atoms with Gasteiger partial charge in [-0.15, -0.1) is 0 Å². The molecule has 12 rings (SSSR count). The number of hydrogen-bond donors (Lipinski definition) is 0. The van der Waals surface area contributed by atoms with Crippen LogP contribution in [-0.4, -0.2) is 19.1 Å². The van der Waals surface area contributed by atoms with E-state index in [1.165, 1.54) is 18.2 Å². The first-order valence-electron chi connectivity index (χ1n) is 21.7. The molecule has 8 aromatic carbocycles. The minimum atomic E-state index is -0.700. The zero-order chi connectivity index (χ0) is 44.3. The highest BCUT2D eigenvalue weighted by atomic mass is 19.1. The summed E-state index contributed by atoms with van der Waals surface area (Å²) in [7, 11) is 0. The number of benzene rings is 8. The van der Waals surface area contributed by atoms with E-state index < -0.39 is 11.6 Å². The van der Waals surface area contributed by atoms with Crippen molar-refractivity contribution in [3.63, 3.8) is 0 Å². The van der Waals surface area contributed by atoms with E-state index in [-0.39, 0.29) is 5.56 Å². The molecule has 0 N–H and O–H groups in total. The third-order valence-electron chi connectivity index (χ3n) is 12.6. The first-order chi connectivity index (χ1) is 32.5. The van der Waals surface area contributed by atoms with E-state index in [2.05, 4.69) is 66.7 Å². The first kappa shape index (κ1) is 38.7. The van der Waals surface area contributed by atoms with Crippen LogP contribution in [0.3, 0.4) is 0 Å². The number of halogens is 2. The van der Waals surface area contributed by atoms with Crippen molar-refractivity contribution in [3.05, 3.63) is 230 Å². The average Bonchev–Trinajstić information content (AvgIpc) is 3.89. The molecule has 12 aromatic rings. The second kappa shape index (κ2) is 15.7. The molecule has 0 bridgehead atoms. The van der Waals surface area contributed by atoms with Crippen LogP contribution in [0.25, 0.3) is 111 Å². The van der Waals surface area contributed by atoms with E-state index in [1.807, 2.05) is 131 Å². The molecule has 0 amide bonds. The van der Waals surface area contributed by atoms with Gasteiger partial charge in [0.1, 0.15) is 23.3 Å². The van der Waals surface area contributed by atoms with Crippen molar-refractivity contribution in [1.82, 2.24) is 19.1 Å². The highest BCUT2D eigenvalue weighted by molar-refractivity contribution is 6.12. The van der Waals surface area contributed by atoms with Gasteiger partial charge in [0.05, 0.1) is 50.4 Å². The van der Waals surface area contributed by atoms with Crippen molar-refractivity contribution in [2.75, 3.05) is 0 Å². The van der Waals surface area contributed by atoms with Gasteiger partial charge in [-0.25, -0.2) is 8.78 Å². The van der Waals surface area contributed by atoms with Crippen LogP contribution in [0.15, 0.2) is 213 Å². The van der Waals surface area contributed by atoms with Gasteiger partial charge < -0.3 is 9.13 Å². The van der Waals surface area contributed by atoms with Gasteiger partial charge in [0, 0.05) is 56.2 Å². The minimum Gasteiger partial charge on any atom is -0.308 e. The molecule has 310 valence electrons. The first-order valence-corrected chi connectivity index (χ1v) is 21.7. The second-order valence-corrected chi connectivity index (χ2v) is 16.4. The van der Waals surface area contributed by atoms with Crippen LogP contribution in [0, 0.1) is 23.0 Å². The highest BCUT2D eigenvalue weighted by Gasteiger charge is 2.25. The Morgan fingerprint density at radius 1 is 0.364 bits per heavy atom. The van der Waals surface area contributed by atoms with Gasteiger partial charge >= 0.3 is 0 Å². The number of pyridine rings is 2. The topological polar surface area (TPSA) is 59.4 Å². The summed E-state index contributed by atoms with van der Waals surface area (Å²) in [6.07, 6.45) is 3.78. The molecule has 0 aliphatic heterocycles. The number of nitrogens with zero attached hydrogens (tertiary/aromatic N) is 5. The summed E-state index contributed by atoms with van der Waals surface area (Å²) in [6.45, 7) is 0. The van der Waals surface area contributed by atoms with Crippen LogP contribution in [0.1, 0.15) is 5.56 Å². The fraction of sp³-hybridized carbons (Fsp3) is 0. The van der Waals surface area contributed by atoms with Gasteiger partial charge in [0.15, 0.2) is 0 Å². The highest BCUT2D eigenvalue weighted by Crippen LogP contribution is 2.42. The van der Waals surface area contributed by atoms with Crippen LogP contribution in [0.4, 0.5) is 8.78 Å². The molecule has 0 fully saturated rings. The van der Waals surface area contributed by atoms with Crippen LogP contribution in [-0.2, 0) is 0 Å². The lowest BCUT2D eigenvalue weighted by Gasteiger charge is -2.19.